The molecule has 44 heavy (non-hydrogen) atoms. The smallest absolute Gasteiger partial charge is 0.308 e. The van der Waals surface area contributed by atoms with Crippen LogP contribution in [0.25, 0.3) is 0 Å². The molecule has 0 aliphatic carbocycles. The Balaban J connectivity index is 1.62. The summed E-state index contributed by atoms with van der Waals surface area (Å²) in [5, 5.41) is 13.8. The maximum absolute atomic E-state index is 12.4. The summed E-state index contributed by atoms with van der Waals surface area (Å²) < 4.78 is 35.2. The Bertz CT molecular complexity index is 1570. The third kappa shape index (κ3) is 4.53. The monoisotopic (exact) mass is 606 g/mol. The molecule has 2 bridgehead atoms. The molecule has 1 N–H and O–H groups in total. The zero-order chi connectivity index (χ0) is 31.4. The molecule has 12 nitrogen and oxygen atoms in total. The number of likely N-dealkylation sites (N-methyl/N-ethyl adjacent to an activating group) is 1. The highest BCUT2D eigenvalue weighted by atomic mass is 16.7. The van der Waals surface area contributed by atoms with Gasteiger partial charge < -0.3 is 33.7 Å². The number of amides is 1. The van der Waals surface area contributed by atoms with Crippen LogP contribution in [0.1, 0.15) is 59.3 Å². The van der Waals surface area contributed by atoms with Gasteiger partial charge in [-0.15, -0.1) is 0 Å². The maximum Gasteiger partial charge on any atom is 0.308 e. The normalized spacial score (nSPS) is 24.8. The average Bonchev–Trinajstić information content (AvgIpc) is 3.47. The molecule has 234 valence electrons. The van der Waals surface area contributed by atoms with Crippen LogP contribution in [0.3, 0.4) is 0 Å². The van der Waals surface area contributed by atoms with Crippen LogP contribution < -0.4 is 29.0 Å². The van der Waals surface area contributed by atoms with Gasteiger partial charge >= 0.3 is 5.97 Å². The van der Waals surface area contributed by atoms with E-state index in [9.17, 15) is 14.9 Å². The lowest BCUT2D eigenvalue weighted by Gasteiger charge is -2.60. The SMILES string of the molecule is COCOc1c(OC)c(C)cc2c1[C@@H]1C3Cc4c(OC(C)=O)c(C)c5c(c4[C@H](CNC(C)=O)N3C(C#N)[C@H](C2)N1C)OCO5. The van der Waals surface area contributed by atoms with Crippen LogP contribution >= 0.6 is 0 Å². The van der Waals surface area contributed by atoms with Gasteiger partial charge in [0.25, 0.3) is 0 Å². The molecule has 1 saturated heterocycles. The van der Waals surface area contributed by atoms with Gasteiger partial charge in [0.15, 0.2) is 29.8 Å². The van der Waals surface area contributed by atoms with Gasteiger partial charge in [-0.1, -0.05) is 6.07 Å². The first-order chi connectivity index (χ1) is 21.1. The van der Waals surface area contributed by atoms with Crippen molar-refractivity contribution in [2.24, 2.45) is 0 Å². The van der Waals surface area contributed by atoms with Crippen molar-refractivity contribution in [1.82, 2.24) is 15.1 Å². The van der Waals surface area contributed by atoms with E-state index in [1.165, 1.54) is 13.8 Å². The highest BCUT2D eigenvalue weighted by molar-refractivity contribution is 5.75. The summed E-state index contributed by atoms with van der Waals surface area (Å²) in [7, 11) is 5.24. The maximum atomic E-state index is 12.4. The highest BCUT2D eigenvalue weighted by Crippen LogP contribution is 2.58. The molecule has 2 aromatic rings. The average molecular weight is 607 g/mol. The molecule has 5 atom stereocenters. The summed E-state index contributed by atoms with van der Waals surface area (Å²) >= 11 is 0. The third-order valence-electron chi connectivity index (χ3n) is 9.36. The van der Waals surface area contributed by atoms with E-state index in [2.05, 4.69) is 27.3 Å². The van der Waals surface area contributed by atoms with Crippen LogP contribution in [-0.2, 0) is 27.2 Å². The molecule has 12 heteroatoms. The minimum Gasteiger partial charge on any atom is -0.493 e. The molecule has 0 spiro atoms. The number of piperazine rings is 1. The summed E-state index contributed by atoms with van der Waals surface area (Å²) in [6.45, 7) is 6.95. The number of fused-ring (bicyclic) bond motifs is 9. The van der Waals surface area contributed by atoms with Gasteiger partial charge in [-0.25, -0.2) is 0 Å². The molecule has 1 amide bonds. The number of nitrogens with zero attached hydrogens (tertiary/aromatic N) is 3. The van der Waals surface area contributed by atoms with Crippen molar-refractivity contribution in [2.45, 2.75) is 70.7 Å². The van der Waals surface area contributed by atoms with E-state index in [-0.39, 0.29) is 44.2 Å². The molecule has 2 aromatic carbocycles. The third-order valence-corrected chi connectivity index (χ3v) is 9.36. The Kier molecular flexibility index (Phi) is 7.82. The lowest BCUT2D eigenvalue weighted by molar-refractivity contribution is -0.132. The second-order valence-corrected chi connectivity index (χ2v) is 11.8. The Morgan fingerprint density at radius 2 is 1.82 bits per heavy atom. The summed E-state index contributed by atoms with van der Waals surface area (Å²) in [6.07, 6.45) is 1.05. The predicted octanol–water partition coefficient (Wildman–Crippen LogP) is 2.86. The zero-order valence-corrected chi connectivity index (χ0v) is 26.1. The second kappa shape index (κ2) is 11.5. The van der Waals surface area contributed by atoms with Crippen LogP contribution in [0.2, 0.25) is 0 Å². The van der Waals surface area contributed by atoms with Gasteiger partial charge in [0.2, 0.25) is 12.7 Å². The number of rotatable bonds is 7. The minimum atomic E-state index is -0.525. The first-order valence-electron chi connectivity index (χ1n) is 14.7. The quantitative estimate of drug-likeness (QED) is 0.284. The van der Waals surface area contributed by atoms with Crippen molar-refractivity contribution in [3.8, 4) is 34.8 Å². The second-order valence-electron chi connectivity index (χ2n) is 11.8. The fourth-order valence-corrected chi connectivity index (χ4v) is 7.79. The number of hydrogen-bond donors (Lipinski definition) is 1. The Morgan fingerprint density at radius 3 is 2.48 bits per heavy atom. The molecule has 2 unspecified atom stereocenters. The first-order valence-corrected chi connectivity index (χ1v) is 14.7. The lowest BCUT2D eigenvalue weighted by Crippen LogP contribution is -2.68. The Morgan fingerprint density at radius 1 is 1.07 bits per heavy atom. The van der Waals surface area contributed by atoms with Crippen molar-refractivity contribution < 1.29 is 38.0 Å². The number of benzene rings is 2. The fraction of sp³-hybridized carbons (Fsp3) is 0.531. The van der Waals surface area contributed by atoms with Crippen molar-refractivity contribution in [1.29, 1.82) is 5.26 Å². The standard InChI is InChI=1S/C32H38N4O8/c1-15-8-19-9-21-23(11-33)36-22(27(35(21)5)25(19)31(28(15)40-7)41-13-39-6)10-20-26(24(36)12-34-17(3)37)32-30(42-14-43-32)16(2)29(20)44-18(4)38/h8,21-24,27H,9-10,12-14H2,1-7H3,(H,34,37)/t21-,22?,23?,24-,27-/m0/s1. The molecule has 4 aliphatic rings. The van der Waals surface area contributed by atoms with Crippen molar-refractivity contribution in [3.05, 3.63) is 39.4 Å². The highest BCUT2D eigenvalue weighted by Gasteiger charge is 2.57. The van der Waals surface area contributed by atoms with Gasteiger partial charge in [-0.05, 0) is 44.9 Å². The van der Waals surface area contributed by atoms with E-state index in [0.29, 0.717) is 47.2 Å². The van der Waals surface area contributed by atoms with Gasteiger partial charge in [-0.2, -0.15) is 5.26 Å². The van der Waals surface area contributed by atoms with E-state index in [1.807, 2.05) is 20.9 Å². The number of carbonyl (C=O) groups is 2. The topological polar surface area (TPSA) is 132 Å². The Labute approximate surface area is 256 Å². The first kappa shape index (κ1) is 30.0. The number of carbonyl (C=O) groups excluding carboxylic acids is 2. The van der Waals surface area contributed by atoms with Crippen LogP contribution in [0.4, 0.5) is 0 Å². The van der Waals surface area contributed by atoms with Crippen LogP contribution in [-0.4, -0.2) is 81.2 Å². The van der Waals surface area contributed by atoms with E-state index >= 15 is 0 Å². The van der Waals surface area contributed by atoms with Crippen molar-refractivity contribution in [3.63, 3.8) is 0 Å². The number of nitriles is 1. The predicted molar refractivity (Wildman–Crippen MR) is 157 cm³/mol. The Hall–Kier alpha value is -4.05. The number of esters is 1. The van der Waals surface area contributed by atoms with Crippen molar-refractivity contribution in [2.75, 3.05) is 41.4 Å². The molecule has 0 radical (unpaired) electrons. The number of nitrogens with one attached hydrogen (secondary N) is 1. The van der Waals surface area contributed by atoms with E-state index in [1.54, 1.807) is 14.2 Å². The lowest BCUT2D eigenvalue weighted by atomic mass is 9.71. The molecule has 4 aliphatic heterocycles. The van der Waals surface area contributed by atoms with Crippen molar-refractivity contribution >= 4 is 11.9 Å². The van der Waals surface area contributed by atoms with E-state index in [0.717, 1.165) is 27.8 Å². The summed E-state index contributed by atoms with van der Waals surface area (Å²) in [5.74, 6) is 2.09. The summed E-state index contributed by atoms with van der Waals surface area (Å²) in [4.78, 5) is 29.2. The number of methoxy groups -OCH3 is 2. The zero-order valence-electron chi connectivity index (χ0n) is 26.1. The molecule has 4 heterocycles. The van der Waals surface area contributed by atoms with Crippen LogP contribution in [0.15, 0.2) is 6.07 Å². The van der Waals surface area contributed by atoms with Gasteiger partial charge in [-0.3, -0.25) is 19.4 Å². The fourth-order valence-electron chi connectivity index (χ4n) is 7.79. The van der Waals surface area contributed by atoms with E-state index < -0.39 is 18.1 Å². The summed E-state index contributed by atoms with van der Waals surface area (Å²) in [5.41, 5.74) is 5.24. The van der Waals surface area contributed by atoms with Crippen LogP contribution in [0, 0.1) is 25.2 Å². The van der Waals surface area contributed by atoms with Crippen LogP contribution in [0.5, 0.6) is 28.7 Å². The van der Waals surface area contributed by atoms with Gasteiger partial charge in [0.1, 0.15) is 11.8 Å². The number of aryl methyl sites for hydroxylation is 1. The molecule has 0 aromatic heterocycles. The molecule has 6 rings (SSSR count). The summed E-state index contributed by atoms with van der Waals surface area (Å²) in [6, 6.07) is 3.08. The van der Waals surface area contributed by atoms with Gasteiger partial charge in [0, 0.05) is 61.8 Å². The van der Waals surface area contributed by atoms with E-state index in [4.69, 9.17) is 28.4 Å². The molecule has 0 saturated carbocycles. The van der Waals surface area contributed by atoms with Gasteiger partial charge in [0.05, 0.1) is 25.3 Å². The number of ether oxygens (including phenoxy) is 6. The molecular weight excluding hydrogens is 568 g/mol. The molecule has 1 fully saturated rings. The number of hydrogen-bond acceptors (Lipinski definition) is 11. The minimum absolute atomic E-state index is 0.0187. The largest absolute Gasteiger partial charge is 0.493 e. The molecular formula is C32H38N4O8.